The Morgan fingerprint density at radius 3 is 2.94 bits per heavy atom. The van der Waals surface area contributed by atoms with Gasteiger partial charge >= 0.3 is 0 Å². The number of halogens is 1. The van der Waals surface area contributed by atoms with Crippen LogP contribution in [0.1, 0.15) is 5.56 Å². The van der Waals surface area contributed by atoms with Gasteiger partial charge in [-0.05, 0) is 30.4 Å². The molecular weight excluding hydrogens is 244 g/mol. The molecule has 1 aromatic carbocycles. The van der Waals surface area contributed by atoms with E-state index in [4.69, 9.17) is 28.9 Å². The maximum Gasteiger partial charge on any atom is 0.171 e. The van der Waals surface area contributed by atoms with E-state index >= 15 is 0 Å². The summed E-state index contributed by atoms with van der Waals surface area (Å²) in [6.07, 6.45) is 1.71. The molecule has 1 rings (SSSR count). The summed E-state index contributed by atoms with van der Waals surface area (Å²) in [4.78, 5) is 0. The average molecular weight is 257 g/mol. The van der Waals surface area contributed by atoms with Crippen LogP contribution in [0, 0.1) is 0 Å². The molecule has 0 aliphatic heterocycles. The van der Waals surface area contributed by atoms with Gasteiger partial charge in [-0.2, -0.15) is 0 Å². The molecule has 0 aliphatic carbocycles. The van der Waals surface area contributed by atoms with E-state index in [0.717, 1.165) is 5.69 Å². The molecule has 0 heterocycles. The molecular formula is C11H13ClN2OS. The number of rotatable bonds is 4. The molecule has 0 atom stereocenters. The normalized spacial score (nSPS) is 9.62. The molecule has 0 spiro atoms. The molecule has 5 heteroatoms. The van der Waals surface area contributed by atoms with Crippen LogP contribution in [-0.2, 0) is 6.61 Å². The van der Waals surface area contributed by atoms with Crippen LogP contribution in [0.5, 0.6) is 0 Å². The lowest BCUT2D eigenvalue weighted by atomic mass is 10.2. The standard InChI is InChI=1S/C11H13ClN2OS/c1-2-5-13-11(16)14-10-4-3-9(12)6-8(10)7-15/h2-4,6,15H,1,5,7H2,(H2,13,14,16). The van der Waals surface area contributed by atoms with Gasteiger partial charge in [0.25, 0.3) is 0 Å². The summed E-state index contributed by atoms with van der Waals surface area (Å²) in [5, 5.41) is 16.1. The minimum absolute atomic E-state index is 0.0903. The highest BCUT2D eigenvalue weighted by molar-refractivity contribution is 7.80. The molecule has 86 valence electrons. The highest BCUT2D eigenvalue weighted by atomic mass is 35.5. The Bertz CT molecular complexity index is 396. The SMILES string of the molecule is C=CCNC(=S)Nc1ccc(Cl)cc1CO. The number of benzene rings is 1. The van der Waals surface area contributed by atoms with Crippen LogP contribution in [0.4, 0.5) is 5.69 Å². The molecule has 0 unspecified atom stereocenters. The Labute approximate surface area is 105 Å². The van der Waals surface area contributed by atoms with Crippen LogP contribution in [0.3, 0.4) is 0 Å². The molecule has 0 fully saturated rings. The Balaban J connectivity index is 2.72. The minimum Gasteiger partial charge on any atom is -0.392 e. The average Bonchev–Trinajstić information content (AvgIpc) is 2.28. The first kappa shape index (κ1) is 13.0. The fourth-order valence-corrected chi connectivity index (χ4v) is 1.53. The fraction of sp³-hybridized carbons (Fsp3) is 0.182. The third-order valence-corrected chi connectivity index (χ3v) is 2.37. The number of anilines is 1. The van der Waals surface area contributed by atoms with Crippen molar-refractivity contribution in [3.8, 4) is 0 Å². The van der Waals surface area contributed by atoms with E-state index in [-0.39, 0.29) is 6.61 Å². The Hall–Kier alpha value is -1.10. The lowest BCUT2D eigenvalue weighted by Crippen LogP contribution is -2.28. The molecule has 1 aromatic rings. The molecule has 0 aromatic heterocycles. The molecule has 0 saturated heterocycles. The first-order valence-corrected chi connectivity index (χ1v) is 5.51. The number of hydrogen-bond donors (Lipinski definition) is 3. The molecule has 3 N–H and O–H groups in total. The van der Waals surface area contributed by atoms with E-state index in [2.05, 4.69) is 17.2 Å². The van der Waals surface area contributed by atoms with Crippen molar-refractivity contribution in [2.24, 2.45) is 0 Å². The summed E-state index contributed by atoms with van der Waals surface area (Å²) < 4.78 is 0. The second-order valence-electron chi connectivity index (χ2n) is 3.08. The third-order valence-electron chi connectivity index (χ3n) is 1.89. The summed E-state index contributed by atoms with van der Waals surface area (Å²) in [5.41, 5.74) is 1.45. The molecule has 3 nitrogen and oxygen atoms in total. The smallest absolute Gasteiger partial charge is 0.171 e. The topological polar surface area (TPSA) is 44.3 Å². The van der Waals surface area contributed by atoms with E-state index < -0.39 is 0 Å². The molecule has 0 aliphatic rings. The first-order chi connectivity index (χ1) is 7.67. The monoisotopic (exact) mass is 256 g/mol. The van der Waals surface area contributed by atoms with Crippen molar-refractivity contribution in [3.63, 3.8) is 0 Å². The van der Waals surface area contributed by atoms with Gasteiger partial charge in [0.1, 0.15) is 0 Å². The van der Waals surface area contributed by atoms with Crippen LogP contribution in [0.25, 0.3) is 0 Å². The van der Waals surface area contributed by atoms with Crippen molar-refractivity contribution in [1.29, 1.82) is 0 Å². The fourth-order valence-electron chi connectivity index (χ4n) is 1.15. The summed E-state index contributed by atoms with van der Waals surface area (Å²) in [6, 6.07) is 5.20. The largest absolute Gasteiger partial charge is 0.392 e. The van der Waals surface area contributed by atoms with Crippen LogP contribution in [0.2, 0.25) is 5.02 Å². The zero-order chi connectivity index (χ0) is 12.0. The maximum atomic E-state index is 9.15. The maximum absolute atomic E-state index is 9.15. The molecule has 0 saturated carbocycles. The first-order valence-electron chi connectivity index (χ1n) is 4.72. The van der Waals surface area contributed by atoms with E-state index in [1.807, 2.05) is 0 Å². The zero-order valence-corrected chi connectivity index (χ0v) is 10.2. The molecule has 0 bridgehead atoms. The molecule has 0 radical (unpaired) electrons. The molecule has 16 heavy (non-hydrogen) atoms. The predicted octanol–water partition coefficient (Wildman–Crippen LogP) is 2.30. The van der Waals surface area contributed by atoms with Crippen molar-refractivity contribution in [1.82, 2.24) is 5.32 Å². The van der Waals surface area contributed by atoms with Crippen LogP contribution < -0.4 is 10.6 Å². The lowest BCUT2D eigenvalue weighted by Gasteiger charge is -2.12. The van der Waals surface area contributed by atoms with Crippen molar-refractivity contribution < 1.29 is 5.11 Å². The van der Waals surface area contributed by atoms with E-state index in [9.17, 15) is 0 Å². The van der Waals surface area contributed by atoms with Crippen molar-refractivity contribution in [3.05, 3.63) is 41.4 Å². The number of aliphatic hydroxyl groups is 1. The highest BCUT2D eigenvalue weighted by Crippen LogP contribution is 2.20. The van der Waals surface area contributed by atoms with Gasteiger partial charge in [0, 0.05) is 22.8 Å². The summed E-state index contributed by atoms with van der Waals surface area (Å²) in [5.74, 6) is 0. The van der Waals surface area contributed by atoms with E-state index in [1.54, 1.807) is 24.3 Å². The highest BCUT2D eigenvalue weighted by Gasteiger charge is 2.03. The number of hydrogen-bond acceptors (Lipinski definition) is 2. The Morgan fingerprint density at radius 1 is 1.56 bits per heavy atom. The number of aliphatic hydroxyl groups excluding tert-OH is 1. The van der Waals surface area contributed by atoms with Gasteiger partial charge in [-0.25, -0.2) is 0 Å². The van der Waals surface area contributed by atoms with Gasteiger partial charge in [-0.1, -0.05) is 17.7 Å². The summed E-state index contributed by atoms with van der Waals surface area (Å²) in [7, 11) is 0. The van der Waals surface area contributed by atoms with Crippen LogP contribution in [0.15, 0.2) is 30.9 Å². The van der Waals surface area contributed by atoms with Gasteiger partial charge in [0.2, 0.25) is 0 Å². The van der Waals surface area contributed by atoms with Crippen molar-refractivity contribution in [2.45, 2.75) is 6.61 Å². The van der Waals surface area contributed by atoms with Gasteiger partial charge in [-0.3, -0.25) is 0 Å². The quantitative estimate of drug-likeness (QED) is 0.571. The zero-order valence-electron chi connectivity index (χ0n) is 8.66. The minimum atomic E-state index is -0.0903. The number of thiocarbonyl (C=S) groups is 1. The van der Waals surface area contributed by atoms with Crippen LogP contribution in [-0.4, -0.2) is 16.8 Å². The Kier molecular flexibility index (Phi) is 5.25. The van der Waals surface area contributed by atoms with E-state index in [1.165, 1.54) is 0 Å². The van der Waals surface area contributed by atoms with Gasteiger partial charge < -0.3 is 15.7 Å². The van der Waals surface area contributed by atoms with Gasteiger partial charge in [0.05, 0.1) is 6.61 Å². The van der Waals surface area contributed by atoms with Gasteiger partial charge in [0.15, 0.2) is 5.11 Å². The molecule has 0 amide bonds. The lowest BCUT2D eigenvalue weighted by molar-refractivity contribution is 0.282. The summed E-state index contributed by atoms with van der Waals surface area (Å²) >= 11 is 10.9. The summed E-state index contributed by atoms with van der Waals surface area (Å²) in [6.45, 7) is 4.08. The number of nitrogens with one attached hydrogen (secondary N) is 2. The van der Waals surface area contributed by atoms with Crippen molar-refractivity contribution in [2.75, 3.05) is 11.9 Å². The predicted molar refractivity (Wildman–Crippen MR) is 71.8 cm³/mol. The van der Waals surface area contributed by atoms with E-state index in [0.29, 0.717) is 22.2 Å². The second-order valence-corrected chi connectivity index (χ2v) is 3.93. The third kappa shape index (κ3) is 3.81. The second kappa shape index (κ2) is 6.48. The Morgan fingerprint density at radius 2 is 2.31 bits per heavy atom. The van der Waals surface area contributed by atoms with Crippen molar-refractivity contribution >= 4 is 34.6 Å². The van der Waals surface area contributed by atoms with Crippen LogP contribution >= 0.6 is 23.8 Å². The van der Waals surface area contributed by atoms with Gasteiger partial charge in [-0.15, -0.1) is 6.58 Å².